The van der Waals surface area contributed by atoms with Crippen LogP contribution in [-0.2, 0) is 0 Å². The van der Waals surface area contributed by atoms with E-state index in [0.717, 1.165) is 12.3 Å². The number of pyridine rings is 1. The lowest BCUT2D eigenvalue weighted by atomic mass is 10.3. The molecule has 0 saturated heterocycles. The first kappa shape index (κ1) is 8.70. The number of rotatable bonds is 2. The summed E-state index contributed by atoms with van der Waals surface area (Å²) in [4.78, 5) is 13.2. The molecule has 0 aliphatic rings. The zero-order chi connectivity index (χ0) is 9.14. The molecule has 1 aromatic heterocycles. The van der Waals surface area contributed by atoms with Gasteiger partial charge in [0.2, 0.25) is 5.43 Å². The summed E-state index contributed by atoms with van der Waals surface area (Å²) in [5.74, 6) is 0.0272. The lowest BCUT2D eigenvalue weighted by Crippen LogP contribution is -2.07. The van der Waals surface area contributed by atoms with Crippen molar-refractivity contribution in [1.82, 2.24) is 4.98 Å². The highest BCUT2D eigenvalue weighted by Gasteiger charge is 2.09. The Morgan fingerprint density at radius 1 is 1.58 bits per heavy atom. The van der Waals surface area contributed by atoms with Crippen LogP contribution >= 0.6 is 0 Å². The fourth-order valence-electron chi connectivity index (χ4n) is 0.760. The Morgan fingerprint density at radius 3 is 2.67 bits per heavy atom. The summed E-state index contributed by atoms with van der Waals surface area (Å²) in [6, 6.07) is 0.823. The maximum absolute atomic E-state index is 12.0. The summed E-state index contributed by atoms with van der Waals surface area (Å²) in [5.41, 5.74) is -0.952. The molecule has 5 heteroatoms. The van der Waals surface area contributed by atoms with Crippen molar-refractivity contribution in [3.8, 4) is 5.75 Å². The Kier molecular flexibility index (Phi) is 2.42. The number of aromatic nitrogens is 1. The molecule has 0 unspecified atom stereocenters. The summed E-state index contributed by atoms with van der Waals surface area (Å²) >= 11 is 0. The fraction of sp³-hybridized carbons (Fsp3) is 0.286. The Hall–Kier alpha value is -1.39. The Balaban J connectivity index is 3.11. The van der Waals surface area contributed by atoms with Gasteiger partial charge in [-0.25, -0.2) is 8.78 Å². The molecule has 0 spiro atoms. The van der Waals surface area contributed by atoms with Gasteiger partial charge in [-0.05, 0) is 0 Å². The molecule has 0 aliphatic carbocycles. The van der Waals surface area contributed by atoms with Gasteiger partial charge >= 0.3 is 0 Å². The van der Waals surface area contributed by atoms with Gasteiger partial charge in [0, 0.05) is 12.3 Å². The third-order valence-electron chi connectivity index (χ3n) is 1.35. The molecule has 0 amide bonds. The van der Waals surface area contributed by atoms with Crippen molar-refractivity contribution in [3.63, 3.8) is 0 Å². The maximum atomic E-state index is 12.0. The van der Waals surface area contributed by atoms with E-state index >= 15 is 0 Å². The van der Waals surface area contributed by atoms with Crippen molar-refractivity contribution >= 4 is 0 Å². The van der Waals surface area contributed by atoms with Crippen molar-refractivity contribution in [3.05, 3.63) is 28.2 Å². The number of nitrogens with one attached hydrogen (secondary N) is 1. The Bertz CT molecular complexity index is 321. The summed E-state index contributed by atoms with van der Waals surface area (Å²) < 4.78 is 28.5. The second-order valence-corrected chi connectivity index (χ2v) is 2.12. The highest BCUT2D eigenvalue weighted by Crippen LogP contribution is 2.14. The third kappa shape index (κ3) is 1.61. The van der Waals surface area contributed by atoms with Crippen LogP contribution in [0, 0.1) is 0 Å². The number of methoxy groups -OCH3 is 1. The van der Waals surface area contributed by atoms with Crippen LogP contribution in [-0.4, -0.2) is 12.1 Å². The first-order valence-electron chi connectivity index (χ1n) is 3.20. The van der Waals surface area contributed by atoms with E-state index in [-0.39, 0.29) is 5.75 Å². The highest BCUT2D eigenvalue weighted by atomic mass is 19.3. The van der Waals surface area contributed by atoms with Crippen LogP contribution in [0.25, 0.3) is 0 Å². The molecule has 0 atom stereocenters. The van der Waals surface area contributed by atoms with Crippen molar-refractivity contribution in [2.75, 3.05) is 7.11 Å². The zero-order valence-electron chi connectivity index (χ0n) is 6.30. The van der Waals surface area contributed by atoms with Gasteiger partial charge in [-0.1, -0.05) is 0 Å². The second-order valence-electron chi connectivity index (χ2n) is 2.12. The standard InChI is InChI=1S/C7H7F2NO2/c1-12-6-3-10-4(7(8)9)2-5(6)11/h2-3,7H,1H3,(H,10,11). The van der Waals surface area contributed by atoms with Crippen LogP contribution in [0.3, 0.4) is 0 Å². The topological polar surface area (TPSA) is 42.1 Å². The van der Waals surface area contributed by atoms with Gasteiger partial charge < -0.3 is 9.72 Å². The molecular weight excluding hydrogens is 168 g/mol. The average molecular weight is 175 g/mol. The largest absolute Gasteiger partial charge is 0.491 e. The van der Waals surface area contributed by atoms with Crippen molar-refractivity contribution in [1.29, 1.82) is 0 Å². The molecule has 0 aliphatic heterocycles. The van der Waals surface area contributed by atoms with E-state index < -0.39 is 17.5 Å². The molecule has 1 rings (SSSR count). The lowest BCUT2D eigenvalue weighted by Gasteiger charge is -2.00. The van der Waals surface area contributed by atoms with Gasteiger partial charge in [0.25, 0.3) is 6.43 Å². The van der Waals surface area contributed by atoms with E-state index in [9.17, 15) is 13.6 Å². The second kappa shape index (κ2) is 3.34. The monoisotopic (exact) mass is 175 g/mol. The molecule has 1 aromatic rings. The lowest BCUT2D eigenvalue weighted by molar-refractivity contribution is 0.146. The number of ether oxygens (including phenoxy) is 1. The number of halogens is 2. The van der Waals surface area contributed by atoms with Crippen LogP contribution < -0.4 is 10.2 Å². The number of alkyl halides is 2. The van der Waals surface area contributed by atoms with Gasteiger partial charge in [0.1, 0.15) is 0 Å². The van der Waals surface area contributed by atoms with Gasteiger partial charge in [-0.3, -0.25) is 4.79 Å². The van der Waals surface area contributed by atoms with Gasteiger partial charge in [0.05, 0.1) is 12.8 Å². The molecule has 1 heterocycles. The number of hydrogen-bond donors (Lipinski definition) is 1. The van der Waals surface area contributed by atoms with E-state index in [0.29, 0.717) is 0 Å². The molecule has 3 nitrogen and oxygen atoms in total. The molecule has 12 heavy (non-hydrogen) atoms. The van der Waals surface area contributed by atoms with Crippen LogP contribution in [0.2, 0.25) is 0 Å². The predicted molar refractivity (Wildman–Crippen MR) is 38.6 cm³/mol. The van der Waals surface area contributed by atoms with Crippen molar-refractivity contribution in [2.24, 2.45) is 0 Å². The summed E-state index contributed by atoms with van der Waals surface area (Å²) in [6.45, 7) is 0. The van der Waals surface area contributed by atoms with E-state index in [2.05, 4.69) is 9.72 Å². The quantitative estimate of drug-likeness (QED) is 0.736. The normalized spacial score (nSPS) is 10.3. The molecule has 0 radical (unpaired) electrons. The van der Waals surface area contributed by atoms with Gasteiger partial charge in [-0.15, -0.1) is 0 Å². The average Bonchev–Trinajstić information content (AvgIpc) is 2.04. The van der Waals surface area contributed by atoms with Crippen molar-refractivity contribution in [2.45, 2.75) is 6.43 Å². The van der Waals surface area contributed by atoms with E-state index in [1.165, 1.54) is 7.11 Å². The third-order valence-corrected chi connectivity index (χ3v) is 1.35. The van der Waals surface area contributed by atoms with Crippen LogP contribution in [0.4, 0.5) is 8.78 Å². The Morgan fingerprint density at radius 2 is 2.25 bits per heavy atom. The number of aromatic amines is 1. The molecule has 1 N–H and O–H groups in total. The predicted octanol–water partition coefficient (Wildman–Crippen LogP) is 1.32. The van der Waals surface area contributed by atoms with Gasteiger partial charge in [0.15, 0.2) is 5.75 Å². The maximum Gasteiger partial charge on any atom is 0.278 e. The minimum Gasteiger partial charge on any atom is -0.491 e. The number of hydrogen-bond acceptors (Lipinski definition) is 2. The molecule has 0 bridgehead atoms. The van der Waals surface area contributed by atoms with E-state index in [1.54, 1.807) is 0 Å². The van der Waals surface area contributed by atoms with Gasteiger partial charge in [-0.2, -0.15) is 0 Å². The van der Waals surface area contributed by atoms with Crippen molar-refractivity contribution < 1.29 is 13.5 Å². The van der Waals surface area contributed by atoms with Crippen LogP contribution in [0.15, 0.2) is 17.1 Å². The zero-order valence-corrected chi connectivity index (χ0v) is 6.30. The SMILES string of the molecule is COc1c[nH]c(C(F)F)cc1=O. The summed E-state index contributed by atoms with van der Waals surface area (Å²) in [7, 11) is 1.30. The van der Waals surface area contributed by atoms with E-state index in [1.807, 2.05) is 0 Å². The fourth-order valence-corrected chi connectivity index (χ4v) is 0.760. The van der Waals surface area contributed by atoms with Crippen LogP contribution in [0.1, 0.15) is 12.1 Å². The highest BCUT2D eigenvalue weighted by molar-refractivity contribution is 5.20. The Labute approximate surface area is 67.0 Å². The summed E-state index contributed by atoms with van der Waals surface area (Å²) in [5, 5.41) is 0. The first-order chi connectivity index (χ1) is 5.65. The smallest absolute Gasteiger partial charge is 0.278 e. The summed E-state index contributed by atoms with van der Waals surface area (Å²) in [6.07, 6.45) is -1.55. The molecule has 0 saturated carbocycles. The van der Waals surface area contributed by atoms with Crippen LogP contribution in [0.5, 0.6) is 5.75 Å². The first-order valence-corrected chi connectivity index (χ1v) is 3.20. The molecule has 0 fully saturated rings. The molecular formula is C7H7F2NO2. The minimum atomic E-state index is -2.66. The molecule has 66 valence electrons. The molecule has 0 aromatic carbocycles. The van der Waals surface area contributed by atoms with E-state index in [4.69, 9.17) is 0 Å². The number of H-pyrrole nitrogens is 1. The minimum absolute atomic E-state index is 0.0272.